The van der Waals surface area contributed by atoms with Crippen molar-refractivity contribution >= 4 is 11.9 Å². The van der Waals surface area contributed by atoms with Crippen LogP contribution in [-0.4, -0.2) is 60.5 Å². The molecule has 1 heterocycles. The molecule has 2 atom stereocenters. The van der Waals surface area contributed by atoms with Crippen molar-refractivity contribution in [2.45, 2.75) is 31.9 Å². The topological polar surface area (TPSA) is 134 Å². The number of carbonyl (C=O) groups excluding carboxylic acids is 1. The largest absolute Gasteiger partial charge is 0.484 e. The Kier molecular flexibility index (Phi) is 9.53. The van der Waals surface area contributed by atoms with Gasteiger partial charge in [-0.1, -0.05) is 17.7 Å². The summed E-state index contributed by atoms with van der Waals surface area (Å²) < 4.78 is 5.25. The number of carboxylic acid groups (broad SMARTS) is 1. The molecule has 25 heavy (non-hydrogen) atoms. The van der Waals surface area contributed by atoms with Crippen LogP contribution in [0.2, 0.25) is 0 Å². The second-order valence-electron chi connectivity index (χ2n) is 5.78. The number of hydrogen-bond donors (Lipinski definition) is 5. The smallest absolute Gasteiger partial charge is 0.326 e. The van der Waals surface area contributed by atoms with Crippen LogP contribution >= 0.6 is 0 Å². The molecule has 0 aromatic heterocycles. The highest BCUT2D eigenvalue weighted by Gasteiger charge is 2.18. The van der Waals surface area contributed by atoms with Gasteiger partial charge in [0.05, 0.1) is 6.10 Å². The van der Waals surface area contributed by atoms with Crippen molar-refractivity contribution in [3.8, 4) is 5.75 Å². The highest BCUT2D eigenvalue weighted by atomic mass is 16.5. The van der Waals surface area contributed by atoms with Gasteiger partial charge in [0.1, 0.15) is 11.8 Å². The maximum Gasteiger partial charge on any atom is 0.326 e. The fourth-order valence-corrected chi connectivity index (χ4v) is 2.08. The zero-order valence-electron chi connectivity index (χ0n) is 14.4. The highest BCUT2D eigenvalue weighted by Crippen LogP contribution is 2.10. The van der Waals surface area contributed by atoms with Crippen molar-refractivity contribution in [1.29, 1.82) is 0 Å². The van der Waals surface area contributed by atoms with Crippen LogP contribution < -0.4 is 21.1 Å². The van der Waals surface area contributed by atoms with Crippen LogP contribution in [0.25, 0.3) is 0 Å². The number of aliphatic carboxylic acids is 1. The van der Waals surface area contributed by atoms with Crippen molar-refractivity contribution in [3.05, 3.63) is 29.8 Å². The molecule has 1 saturated heterocycles. The SMILES string of the molecule is Cc1ccc(OCC(=O)N[C@@H](CCN)C(=O)O)cc1.O[C@@H]1CCNC1. The standard InChI is InChI=1S/C13H18N2O4.C4H9NO/c1-9-2-4-10(5-3-9)19-8-12(16)15-11(6-7-14)13(17)18;6-4-1-2-5-3-4/h2-5,11H,6-8,14H2,1H3,(H,15,16)(H,17,18);4-6H,1-3H2/t11-;4-/m01/s1. The van der Waals surface area contributed by atoms with Crippen LogP contribution in [0, 0.1) is 6.92 Å². The first-order valence-corrected chi connectivity index (χ1v) is 8.23. The number of carboxylic acids is 1. The van der Waals surface area contributed by atoms with Gasteiger partial charge in [0.15, 0.2) is 6.61 Å². The van der Waals surface area contributed by atoms with E-state index in [1.54, 1.807) is 12.1 Å². The fourth-order valence-electron chi connectivity index (χ4n) is 2.08. The minimum Gasteiger partial charge on any atom is -0.484 e. The average Bonchev–Trinajstić information content (AvgIpc) is 3.05. The molecule has 0 spiro atoms. The summed E-state index contributed by atoms with van der Waals surface area (Å²) in [4.78, 5) is 22.4. The van der Waals surface area contributed by atoms with Crippen LogP contribution in [0.1, 0.15) is 18.4 Å². The lowest BCUT2D eigenvalue weighted by Crippen LogP contribution is -2.44. The molecular formula is C17H27N3O5. The average molecular weight is 353 g/mol. The summed E-state index contributed by atoms with van der Waals surface area (Å²) in [6, 6.07) is 6.25. The molecule has 0 radical (unpaired) electrons. The Bertz CT molecular complexity index is 530. The van der Waals surface area contributed by atoms with Gasteiger partial charge in [-0.15, -0.1) is 0 Å². The Morgan fingerprint density at radius 1 is 1.40 bits per heavy atom. The fraction of sp³-hybridized carbons (Fsp3) is 0.529. The van der Waals surface area contributed by atoms with E-state index in [9.17, 15) is 9.59 Å². The van der Waals surface area contributed by atoms with E-state index in [1.807, 2.05) is 19.1 Å². The lowest BCUT2D eigenvalue weighted by atomic mass is 10.2. The van der Waals surface area contributed by atoms with E-state index in [-0.39, 0.29) is 25.7 Å². The van der Waals surface area contributed by atoms with Gasteiger partial charge in [-0.3, -0.25) is 4.79 Å². The van der Waals surface area contributed by atoms with Gasteiger partial charge in [0, 0.05) is 6.54 Å². The molecule has 2 rings (SSSR count). The first-order chi connectivity index (χ1) is 11.9. The number of β-amino-alcohol motifs (C(OH)–C–C–N with tert-alkyl or cyclic N) is 1. The Morgan fingerprint density at radius 2 is 2.08 bits per heavy atom. The number of aryl methyl sites for hydroxylation is 1. The van der Waals surface area contributed by atoms with Crippen molar-refractivity contribution < 1.29 is 24.5 Å². The minimum absolute atomic E-state index is 0.0648. The van der Waals surface area contributed by atoms with Crippen LogP contribution in [0.3, 0.4) is 0 Å². The Labute approximate surface area is 147 Å². The van der Waals surface area contributed by atoms with E-state index in [1.165, 1.54) is 0 Å². The second-order valence-corrected chi connectivity index (χ2v) is 5.78. The molecule has 1 aliphatic rings. The maximum atomic E-state index is 11.5. The predicted octanol–water partition coefficient (Wildman–Crippen LogP) is -0.367. The highest BCUT2D eigenvalue weighted by molar-refractivity contribution is 5.84. The third-order valence-electron chi connectivity index (χ3n) is 3.51. The van der Waals surface area contributed by atoms with E-state index in [0.29, 0.717) is 5.75 Å². The lowest BCUT2D eigenvalue weighted by molar-refractivity contribution is -0.142. The van der Waals surface area contributed by atoms with Gasteiger partial charge in [0.2, 0.25) is 0 Å². The summed E-state index contributed by atoms with van der Waals surface area (Å²) in [5.74, 6) is -1.03. The summed E-state index contributed by atoms with van der Waals surface area (Å²) in [5.41, 5.74) is 6.36. The monoisotopic (exact) mass is 353 g/mol. The molecular weight excluding hydrogens is 326 g/mol. The maximum absolute atomic E-state index is 11.5. The molecule has 1 aliphatic heterocycles. The number of aliphatic hydroxyl groups is 1. The summed E-state index contributed by atoms with van der Waals surface area (Å²) in [6.45, 7) is 3.69. The van der Waals surface area contributed by atoms with Crippen molar-refractivity contribution in [1.82, 2.24) is 10.6 Å². The van der Waals surface area contributed by atoms with Crippen LogP contribution in [0.4, 0.5) is 0 Å². The second kappa shape index (κ2) is 11.4. The van der Waals surface area contributed by atoms with E-state index in [4.69, 9.17) is 20.7 Å². The zero-order chi connectivity index (χ0) is 18.7. The van der Waals surface area contributed by atoms with Gasteiger partial charge >= 0.3 is 5.97 Å². The van der Waals surface area contributed by atoms with Gasteiger partial charge in [0.25, 0.3) is 5.91 Å². The van der Waals surface area contributed by atoms with E-state index in [0.717, 1.165) is 25.1 Å². The number of nitrogens with two attached hydrogens (primary N) is 1. The number of rotatable bonds is 7. The third kappa shape index (κ3) is 9.04. The molecule has 0 unspecified atom stereocenters. The van der Waals surface area contributed by atoms with E-state index in [2.05, 4.69) is 10.6 Å². The Balaban J connectivity index is 0.000000435. The van der Waals surface area contributed by atoms with Gasteiger partial charge < -0.3 is 31.3 Å². The minimum atomic E-state index is -1.10. The number of hydrogen-bond acceptors (Lipinski definition) is 6. The number of amides is 1. The third-order valence-corrected chi connectivity index (χ3v) is 3.51. The molecule has 1 aromatic carbocycles. The summed E-state index contributed by atoms with van der Waals surface area (Å²) in [5, 5.41) is 22.9. The van der Waals surface area contributed by atoms with Gasteiger partial charge in [-0.2, -0.15) is 0 Å². The van der Waals surface area contributed by atoms with Crippen LogP contribution in [0.15, 0.2) is 24.3 Å². The molecule has 140 valence electrons. The number of carbonyl (C=O) groups is 2. The predicted molar refractivity (Wildman–Crippen MR) is 93.4 cm³/mol. The van der Waals surface area contributed by atoms with Gasteiger partial charge in [-0.05, 0) is 45.0 Å². The van der Waals surface area contributed by atoms with E-state index < -0.39 is 17.9 Å². The molecule has 6 N–H and O–H groups in total. The summed E-state index contributed by atoms with van der Waals surface area (Å²) in [7, 11) is 0. The zero-order valence-corrected chi connectivity index (χ0v) is 14.4. The summed E-state index contributed by atoms with van der Waals surface area (Å²) in [6.07, 6.45) is 1.05. The van der Waals surface area contributed by atoms with Crippen LogP contribution in [-0.2, 0) is 9.59 Å². The first-order valence-electron chi connectivity index (χ1n) is 8.23. The molecule has 0 bridgehead atoms. The van der Waals surface area contributed by atoms with E-state index >= 15 is 0 Å². The van der Waals surface area contributed by atoms with Crippen molar-refractivity contribution in [2.75, 3.05) is 26.2 Å². The molecule has 1 aromatic rings. The molecule has 8 heteroatoms. The number of nitrogens with one attached hydrogen (secondary N) is 2. The molecule has 1 amide bonds. The molecule has 1 fully saturated rings. The number of aliphatic hydroxyl groups excluding tert-OH is 1. The molecule has 0 aliphatic carbocycles. The normalized spacial score (nSPS) is 17.2. The summed E-state index contributed by atoms with van der Waals surface area (Å²) >= 11 is 0. The molecule has 8 nitrogen and oxygen atoms in total. The van der Waals surface area contributed by atoms with Crippen molar-refractivity contribution in [3.63, 3.8) is 0 Å². The Morgan fingerprint density at radius 3 is 2.52 bits per heavy atom. The van der Waals surface area contributed by atoms with Crippen LogP contribution in [0.5, 0.6) is 5.75 Å². The Hall–Kier alpha value is -2.16. The first kappa shape index (κ1) is 20.9. The molecule has 0 saturated carbocycles. The number of ether oxygens (including phenoxy) is 1. The lowest BCUT2D eigenvalue weighted by Gasteiger charge is -2.13. The number of benzene rings is 1. The quantitative estimate of drug-likeness (QED) is 0.451. The van der Waals surface area contributed by atoms with Gasteiger partial charge in [-0.25, -0.2) is 4.79 Å². The van der Waals surface area contributed by atoms with Crippen molar-refractivity contribution in [2.24, 2.45) is 5.73 Å².